The van der Waals surface area contributed by atoms with Gasteiger partial charge in [0.05, 0.1) is 18.2 Å². The highest BCUT2D eigenvalue weighted by molar-refractivity contribution is 7.88. The predicted octanol–water partition coefficient (Wildman–Crippen LogP) is 2.14. The number of hydrogen-bond donors (Lipinski definition) is 1. The molecule has 0 spiro atoms. The zero-order chi connectivity index (χ0) is 18.6. The van der Waals surface area contributed by atoms with Gasteiger partial charge in [0.1, 0.15) is 5.75 Å². The van der Waals surface area contributed by atoms with Crippen molar-refractivity contribution in [2.45, 2.75) is 32.4 Å². The van der Waals surface area contributed by atoms with Crippen LogP contribution in [0.25, 0.3) is 0 Å². The molecule has 1 N–H and O–H groups in total. The lowest BCUT2D eigenvalue weighted by atomic mass is 9.98. The summed E-state index contributed by atoms with van der Waals surface area (Å²) < 4.78 is 53.2. The molecule has 1 fully saturated rings. The van der Waals surface area contributed by atoms with Crippen LogP contribution in [-0.4, -0.2) is 44.6 Å². The van der Waals surface area contributed by atoms with E-state index in [-0.39, 0.29) is 24.2 Å². The van der Waals surface area contributed by atoms with Crippen molar-refractivity contribution in [1.29, 1.82) is 0 Å². The maximum Gasteiger partial charge on any atom is 0.387 e. The molecule has 25 heavy (non-hydrogen) atoms. The van der Waals surface area contributed by atoms with Crippen LogP contribution in [0.2, 0.25) is 0 Å². The maximum atomic E-state index is 12.4. The number of ether oxygens (including phenoxy) is 1. The SMILES string of the molecule is CC(NC(=O)C1CCCN(S(C)(=O)=O)C1)c1ccc(OC(F)F)cc1. The molecule has 2 atom stereocenters. The van der Waals surface area contributed by atoms with Gasteiger partial charge in [-0.2, -0.15) is 8.78 Å². The fraction of sp³-hybridized carbons (Fsp3) is 0.562. The summed E-state index contributed by atoms with van der Waals surface area (Å²) in [5.41, 5.74) is 0.741. The van der Waals surface area contributed by atoms with Gasteiger partial charge in [0.15, 0.2) is 0 Å². The number of carbonyl (C=O) groups excluding carboxylic acids is 1. The minimum atomic E-state index is -3.31. The predicted molar refractivity (Wildman–Crippen MR) is 88.8 cm³/mol. The number of benzene rings is 1. The molecule has 6 nitrogen and oxygen atoms in total. The molecule has 1 aliphatic heterocycles. The van der Waals surface area contributed by atoms with Crippen LogP contribution < -0.4 is 10.1 Å². The maximum absolute atomic E-state index is 12.4. The van der Waals surface area contributed by atoms with Crippen LogP contribution in [0, 0.1) is 5.92 Å². The van der Waals surface area contributed by atoms with E-state index in [1.807, 2.05) is 0 Å². The third kappa shape index (κ3) is 5.64. The first-order valence-corrected chi connectivity index (χ1v) is 9.82. The molecule has 0 radical (unpaired) electrons. The molecule has 2 rings (SSSR count). The largest absolute Gasteiger partial charge is 0.435 e. The molecule has 2 unspecified atom stereocenters. The highest BCUT2D eigenvalue weighted by Crippen LogP contribution is 2.22. The summed E-state index contributed by atoms with van der Waals surface area (Å²) in [6.45, 7) is -0.493. The lowest BCUT2D eigenvalue weighted by molar-refractivity contribution is -0.126. The number of nitrogens with one attached hydrogen (secondary N) is 1. The zero-order valence-electron chi connectivity index (χ0n) is 14.1. The van der Waals surface area contributed by atoms with Crippen LogP contribution in [0.5, 0.6) is 5.75 Å². The van der Waals surface area contributed by atoms with E-state index in [1.54, 1.807) is 19.1 Å². The molecule has 1 aliphatic rings. The molecule has 1 saturated heterocycles. The molecule has 0 aromatic heterocycles. The Kier molecular flexibility index (Phi) is 6.34. The third-order valence-electron chi connectivity index (χ3n) is 4.19. The second-order valence-corrected chi connectivity index (χ2v) is 8.12. The van der Waals surface area contributed by atoms with Gasteiger partial charge in [-0.15, -0.1) is 0 Å². The Hall–Kier alpha value is -1.74. The average Bonchev–Trinajstić information content (AvgIpc) is 2.54. The van der Waals surface area contributed by atoms with Crippen LogP contribution in [0.15, 0.2) is 24.3 Å². The van der Waals surface area contributed by atoms with E-state index in [0.717, 1.165) is 11.8 Å². The fourth-order valence-corrected chi connectivity index (χ4v) is 3.72. The molecular weight excluding hydrogens is 354 g/mol. The molecule has 140 valence electrons. The Balaban J connectivity index is 1.95. The number of amides is 1. The van der Waals surface area contributed by atoms with Crippen LogP contribution in [0.4, 0.5) is 8.78 Å². The first-order valence-electron chi connectivity index (χ1n) is 7.97. The first-order chi connectivity index (χ1) is 11.7. The number of hydrogen-bond acceptors (Lipinski definition) is 4. The summed E-state index contributed by atoms with van der Waals surface area (Å²) in [7, 11) is -3.31. The van der Waals surface area contributed by atoms with E-state index in [0.29, 0.717) is 19.4 Å². The third-order valence-corrected chi connectivity index (χ3v) is 5.46. The molecule has 0 aliphatic carbocycles. The van der Waals surface area contributed by atoms with E-state index in [1.165, 1.54) is 16.4 Å². The molecule has 0 bridgehead atoms. The highest BCUT2D eigenvalue weighted by Gasteiger charge is 2.30. The van der Waals surface area contributed by atoms with Gasteiger partial charge in [-0.1, -0.05) is 12.1 Å². The van der Waals surface area contributed by atoms with Crippen molar-refractivity contribution < 1.29 is 26.7 Å². The number of nitrogens with zero attached hydrogens (tertiary/aromatic N) is 1. The standard InChI is InChI=1S/C16H22F2N2O4S/c1-11(12-5-7-14(8-6-12)24-16(17)18)19-15(21)13-4-3-9-20(10-13)25(2,22)23/h5-8,11,13,16H,3-4,9-10H2,1-2H3,(H,19,21). The van der Waals surface area contributed by atoms with Crippen LogP contribution in [0.3, 0.4) is 0 Å². The number of carbonyl (C=O) groups is 1. The van der Waals surface area contributed by atoms with E-state index in [9.17, 15) is 22.0 Å². The van der Waals surface area contributed by atoms with Gasteiger partial charge in [0.2, 0.25) is 15.9 Å². The quantitative estimate of drug-likeness (QED) is 0.825. The summed E-state index contributed by atoms with van der Waals surface area (Å²) in [5, 5.41) is 2.85. The summed E-state index contributed by atoms with van der Waals surface area (Å²) in [6.07, 6.45) is 2.41. The second-order valence-electron chi connectivity index (χ2n) is 6.14. The Bertz CT molecular complexity index is 695. The average molecular weight is 376 g/mol. The van der Waals surface area contributed by atoms with E-state index in [4.69, 9.17) is 0 Å². The minimum Gasteiger partial charge on any atom is -0.435 e. The van der Waals surface area contributed by atoms with Crippen molar-refractivity contribution in [3.05, 3.63) is 29.8 Å². The second kappa shape index (κ2) is 8.09. The van der Waals surface area contributed by atoms with Crippen molar-refractivity contribution >= 4 is 15.9 Å². The molecule has 1 aromatic carbocycles. The van der Waals surface area contributed by atoms with Gasteiger partial charge >= 0.3 is 6.61 Å². The molecule has 1 heterocycles. The molecule has 1 amide bonds. The Morgan fingerprint density at radius 1 is 1.32 bits per heavy atom. The van der Waals surface area contributed by atoms with Crippen molar-refractivity contribution in [3.63, 3.8) is 0 Å². The number of alkyl halides is 2. The summed E-state index contributed by atoms with van der Waals surface area (Å²) >= 11 is 0. The Labute approximate surface area is 146 Å². The zero-order valence-corrected chi connectivity index (χ0v) is 14.9. The van der Waals surface area contributed by atoms with E-state index < -0.39 is 22.6 Å². The van der Waals surface area contributed by atoms with Gasteiger partial charge in [-0.05, 0) is 37.5 Å². The van der Waals surface area contributed by atoms with Crippen LogP contribution in [-0.2, 0) is 14.8 Å². The van der Waals surface area contributed by atoms with E-state index >= 15 is 0 Å². The first kappa shape index (κ1) is 19.6. The smallest absolute Gasteiger partial charge is 0.387 e. The van der Waals surface area contributed by atoms with Crippen molar-refractivity contribution in [2.24, 2.45) is 5.92 Å². The Morgan fingerprint density at radius 2 is 1.96 bits per heavy atom. The topological polar surface area (TPSA) is 75.7 Å². The van der Waals surface area contributed by atoms with Gasteiger partial charge in [-0.25, -0.2) is 12.7 Å². The van der Waals surface area contributed by atoms with Crippen molar-refractivity contribution in [2.75, 3.05) is 19.3 Å². The summed E-state index contributed by atoms with van der Waals surface area (Å²) in [5.74, 6) is -0.561. The Morgan fingerprint density at radius 3 is 2.52 bits per heavy atom. The van der Waals surface area contributed by atoms with Gasteiger partial charge < -0.3 is 10.1 Å². The van der Waals surface area contributed by atoms with Gasteiger partial charge in [0, 0.05) is 13.1 Å². The lowest BCUT2D eigenvalue weighted by Crippen LogP contribution is -2.45. The van der Waals surface area contributed by atoms with Gasteiger partial charge in [0.25, 0.3) is 0 Å². The monoisotopic (exact) mass is 376 g/mol. The molecular formula is C16H22F2N2O4S. The molecule has 0 saturated carbocycles. The van der Waals surface area contributed by atoms with E-state index in [2.05, 4.69) is 10.1 Å². The minimum absolute atomic E-state index is 0.0494. The molecule has 9 heteroatoms. The highest BCUT2D eigenvalue weighted by atomic mass is 32.2. The van der Waals surface area contributed by atoms with Crippen LogP contribution >= 0.6 is 0 Å². The molecule has 1 aromatic rings. The number of piperidine rings is 1. The number of halogens is 2. The summed E-state index contributed by atoms with van der Waals surface area (Å²) in [6, 6.07) is 5.70. The normalized spacial score (nSPS) is 20.3. The van der Waals surface area contributed by atoms with Crippen molar-refractivity contribution in [3.8, 4) is 5.75 Å². The summed E-state index contributed by atoms with van der Waals surface area (Å²) in [4.78, 5) is 12.4. The number of sulfonamides is 1. The number of rotatable bonds is 6. The fourth-order valence-electron chi connectivity index (χ4n) is 2.81. The lowest BCUT2D eigenvalue weighted by Gasteiger charge is -2.30. The van der Waals surface area contributed by atoms with Gasteiger partial charge in [-0.3, -0.25) is 4.79 Å². The van der Waals surface area contributed by atoms with Crippen LogP contribution in [0.1, 0.15) is 31.4 Å². The van der Waals surface area contributed by atoms with Crippen molar-refractivity contribution in [1.82, 2.24) is 9.62 Å².